The highest BCUT2D eigenvalue weighted by atomic mass is 16.5. The number of rotatable bonds is 6. The summed E-state index contributed by atoms with van der Waals surface area (Å²) >= 11 is 0. The second kappa shape index (κ2) is 8.26. The molecule has 8 nitrogen and oxygen atoms in total. The van der Waals surface area contributed by atoms with Crippen molar-refractivity contribution in [3.8, 4) is 5.75 Å². The van der Waals surface area contributed by atoms with Gasteiger partial charge < -0.3 is 14.6 Å². The molecule has 1 amide bonds. The van der Waals surface area contributed by atoms with E-state index in [0.29, 0.717) is 5.92 Å². The van der Waals surface area contributed by atoms with E-state index in [1.54, 1.807) is 19.3 Å². The topological polar surface area (TPSA) is 85.2 Å². The molecule has 0 atom stereocenters. The van der Waals surface area contributed by atoms with E-state index in [1.165, 1.54) is 0 Å². The zero-order valence-electron chi connectivity index (χ0n) is 16.5. The molecule has 2 aromatic heterocycles. The molecule has 2 fully saturated rings. The minimum atomic E-state index is 0.0398. The Labute approximate surface area is 165 Å². The Morgan fingerprint density at radius 1 is 1.29 bits per heavy atom. The molecule has 1 aliphatic carbocycles. The molecule has 2 aromatic rings. The smallest absolute Gasteiger partial charge is 0.217 e. The molecule has 0 unspecified atom stereocenters. The highest BCUT2D eigenvalue weighted by molar-refractivity contribution is 5.73. The maximum Gasteiger partial charge on any atom is 0.217 e. The first-order chi connectivity index (χ1) is 13.6. The normalized spacial score (nSPS) is 23.2. The second-order valence-electron chi connectivity index (χ2n) is 7.88. The van der Waals surface area contributed by atoms with Crippen molar-refractivity contribution in [3.63, 3.8) is 0 Å². The van der Waals surface area contributed by atoms with Gasteiger partial charge in [-0.3, -0.25) is 14.7 Å². The number of aromatic nitrogens is 4. The van der Waals surface area contributed by atoms with Gasteiger partial charge in [-0.1, -0.05) is 0 Å². The van der Waals surface area contributed by atoms with Crippen LogP contribution in [0.1, 0.15) is 50.2 Å². The predicted molar refractivity (Wildman–Crippen MR) is 104 cm³/mol. The van der Waals surface area contributed by atoms with Gasteiger partial charge in [0, 0.05) is 45.2 Å². The number of carbonyl (C=O) groups is 1. The van der Waals surface area contributed by atoms with E-state index in [0.717, 1.165) is 62.7 Å². The van der Waals surface area contributed by atoms with E-state index in [9.17, 15) is 4.79 Å². The molecule has 1 aliphatic heterocycles. The van der Waals surface area contributed by atoms with Crippen molar-refractivity contribution in [2.24, 2.45) is 7.05 Å². The molecule has 0 bridgehead atoms. The first kappa shape index (κ1) is 18.9. The van der Waals surface area contributed by atoms with Gasteiger partial charge in [0.25, 0.3) is 0 Å². The van der Waals surface area contributed by atoms with Crippen LogP contribution in [0, 0.1) is 0 Å². The molecule has 1 N–H and O–H groups in total. The number of hydrogen-bond acceptors (Lipinski definition) is 6. The Morgan fingerprint density at radius 2 is 2.07 bits per heavy atom. The van der Waals surface area contributed by atoms with Gasteiger partial charge in [-0.2, -0.15) is 0 Å². The number of pyridine rings is 1. The summed E-state index contributed by atoms with van der Waals surface area (Å²) in [5.74, 6) is 3.31. The summed E-state index contributed by atoms with van der Waals surface area (Å²) in [6.45, 7) is 4.35. The van der Waals surface area contributed by atoms with Crippen LogP contribution in [0.2, 0.25) is 0 Å². The van der Waals surface area contributed by atoms with Gasteiger partial charge in [-0.15, -0.1) is 10.2 Å². The average molecular weight is 384 g/mol. The van der Waals surface area contributed by atoms with Gasteiger partial charge in [-0.05, 0) is 37.8 Å². The summed E-state index contributed by atoms with van der Waals surface area (Å²) in [7, 11) is 2.05. The minimum absolute atomic E-state index is 0.0398. The fourth-order valence-electron chi connectivity index (χ4n) is 4.10. The maximum absolute atomic E-state index is 11.1. The fourth-order valence-corrected chi connectivity index (χ4v) is 4.10. The van der Waals surface area contributed by atoms with Crippen molar-refractivity contribution < 1.29 is 9.53 Å². The minimum Gasteiger partial charge on any atom is -0.489 e. The lowest BCUT2D eigenvalue weighted by Gasteiger charge is -2.35. The van der Waals surface area contributed by atoms with Crippen LogP contribution in [-0.2, 0) is 18.4 Å². The monoisotopic (exact) mass is 384 g/mol. The predicted octanol–water partition coefficient (Wildman–Crippen LogP) is 1.64. The lowest BCUT2D eigenvalue weighted by Crippen LogP contribution is -2.43. The van der Waals surface area contributed by atoms with Crippen LogP contribution >= 0.6 is 0 Å². The van der Waals surface area contributed by atoms with Crippen molar-refractivity contribution >= 4 is 5.91 Å². The van der Waals surface area contributed by atoms with E-state index < -0.39 is 0 Å². The average Bonchev–Trinajstić information content (AvgIpc) is 3.00. The lowest BCUT2D eigenvalue weighted by atomic mass is 9.79. The summed E-state index contributed by atoms with van der Waals surface area (Å²) in [5, 5.41) is 11.8. The second-order valence-corrected chi connectivity index (χ2v) is 7.88. The molecule has 3 heterocycles. The first-order valence-corrected chi connectivity index (χ1v) is 10.0. The van der Waals surface area contributed by atoms with Gasteiger partial charge in [0.2, 0.25) is 5.91 Å². The molecule has 0 spiro atoms. The van der Waals surface area contributed by atoms with Crippen LogP contribution in [-0.4, -0.2) is 55.8 Å². The molecule has 8 heteroatoms. The van der Waals surface area contributed by atoms with Gasteiger partial charge in [0.15, 0.2) is 0 Å². The van der Waals surface area contributed by atoms with E-state index in [2.05, 4.69) is 37.0 Å². The number of nitrogens with zero attached hydrogens (tertiary/aromatic N) is 5. The number of likely N-dealkylation sites (tertiary alicyclic amines) is 1. The van der Waals surface area contributed by atoms with E-state index in [1.807, 2.05) is 12.1 Å². The van der Waals surface area contributed by atoms with E-state index in [4.69, 9.17) is 4.74 Å². The number of hydrogen-bond donors (Lipinski definition) is 1. The van der Waals surface area contributed by atoms with Crippen LogP contribution in [0.5, 0.6) is 5.75 Å². The molecular formula is C20H28N6O2. The van der Waals surface area contributed by atoms with Gasteiger partial charge in [-0.25, -0.2) is 0 Å². The lowest BCUT2D eigenvalue weighted by molar-refractivity contribution is -0.120. The molecule has 0 aromatic carbocycles. The van der Waals surface area contributed by atoms with Crippen molar-refractivity contribution in [3.05, 3.63) is 36.2 Å². The Kier molecular flexibility index (Phi) is 5.57. The summed E-state index contributed by atoms with van der Waals surface area (Å²) in [5.41, 5.74) is 0. The van der Waals surface area contributed by atoms with Crippen LogP contribution in [0.25, 0.3) is 0 Å². The highest BCUT2D eigenvalue weighted by Crippen LogP contribution is 2.36. The third-order valence-corrected chi connectivity index (χ3v) is 5.75. The largest absolute Gasteiger partial charge is 0.489 e. The number of carbonyl (C=O) groups excluding carboxylic acids is 1. The number of piperidine rings is 1. The van der Waals surface area contributed by atoms with Gasteiger partial charge in [0.1, 0.15) is 23.5 Å². The molecule has 150 valence electrons. The summed E-state index contributed by atoms with van der Waals surface area (Å²) in [4.78, 5) is 17.7. The van der Waals surface area contributed by atoms with Crippen LogP contribution in [0.3, 0.4) is 0 Å². The molecule has 1 saturated heterocycles. The van der Waals surface area contributed by atoms with Crippen molar-refractivity contribution in [2.45, 2.75) is 57.2 Å². The van der Waals surface area contributed by atoms with Gasteiger partial charge in [0.05, 0.1) is 12.7 Å². The Morgan fingerprint density at radius 3 is 2.75 bits per heavy atom. The number of nitrogens with one attached hydrogen (secondary N) is 1. The SMILES string of the molecule is CC(=O)NC1CC(c2nnc(CN3CCC(Oc4cccnc4)CC3)n2C)C1. The number of ether oxygens (including phenoxy) is 1. The fraction of sp³-hybridized carbons (Fsp3) is 0.600. The zero-order valence-corrected chi connectivity index (χ0v) is 16.5. The Balaban J connectivity index is 1.26. The molecular weight excluding hydrogens is 356 g/mol. The zero-order chi connectivity index (χ0) is 19.5. The standard InChI is InChI=1S/C20H28N6O2/c1-14(27)22-16-10-15(11-16)20-24-23-19(25(20)2)13-26-8-5-17(6-9-26)28-18-4-3-7-21-12-18/h3-4,7,12,15-17H,5-6,8-11,13H2,1-2H3,(H,22,27). The highest BCUT2D eigenvalue weighted by Gasteiger charge is 2.34. The summed E-state index contributed by atoms with van der Waals surface area (Å²) in [6.07, 6.45) is 7.67. The van der Waals surface area contributed by atoms with Crippen LogP contribution in [0.15, 0.2) is 24.5 Å². The van der Waals surface area contributed by atoms with Crippen molar-refractivity contribution in [1.82, 2.24) is 30.0 Å². The van der Waals surface area contributed by atoms with Crippen molar-refractivity contribution in [1.29, 1.82) is 0 Å². The third kappa shape index (κ3) is 4.32. The van der Waals surface area contributed by atoms with Crippen LogP contribution < -0.4 is 10.1 Å². The third-order valence-electron chi connectivity index (χ3n) is 5.75. The van der Waals surface area contributed by atoms with Gasteiger partial charge >= 0.3 is 0 Å². The molecule has 2 aliphatic rings. The Hall–Kier alpha value is -2.48. The Bertz CT molecular complexity index is 794. The number of amides is 1. The van der Waals surface area contributed by atoms with Crippen LogP contribution in [0.4, 0.5) is 0 Å². The van der Waals surface area contributed by atoms with E-state index >= 15 is 0 Å². The first-order valence-electron chi connectivity index (χ1n) is 10.0. The summed E-state index contributed by atoms with van der Waals surface area (Å²) in [6, 6.07) is 4.13. The maximum atomic E-state index is 11.1. The van der Waals surface area contributed by atoms with E-state index in [-0.39, 0.29) is 18.1 Å². The molecule has 0 radical (unpaired) electrons. The quantitative estimate of drug-likeness (QED) is 0.815. The summed E-state index contributed by atoms with van der Waals surface area (Å²) < 4.78 is 8.15. The molecule has 4 rings (SSSR count). The molecule has 1 saturated carbocycles. The molecule has 28 heavy (non-hydrogen) atoms. The van der Waals surface area contributed by atoms with Crippen molar-refractivity contribution in [2.75, 3.05) is 13.1 Å².